The van der Waals surface area contributed by atoms with Crippen molar-refractivity contribution in [3.63, 3.8) is 0 Å². The zero-order valence-electron chi connectivity index (χ0n) is 9.95. The average Bonchev–Trinajstić information content (AvgIpc) is 2.29. The fourth-order valence-electron chi connectivity index (χ4n) is 3.36. The van der Waals surface area contributed by atoms with E-state index in [9.17, 15) is 0 Å². The number of anilines is 1. The number of rotatable bonds is 0. The van der Waals surface area contributed by atoms with Crippen molar-refractivity contribution in [1.29, 1.82) is 0 Å². The van der Waals surface area contributed by atoms with Gasteiger partial charge < -0.3 is 10.6 Å². The van der Waals surface area contributed by atoms with Gasteiger partial charge in [0.25, 0.3) is 0 Å². The Bertz CT molecular complexity index is 400. The van der Waals surface area contributed by atoms with Crippen LogP contribution in [0, 0.1) is 6.92 Å². The Hall–Kier alpha value is -1.02. The van der Waals surface area contributed by atoms with Crippen molar-refractivity contribution in [2.24, 2.45) is 5.73 Å². The van der Waals surface area contributed by atoms with E-state index in [0.29, 0.717) is 6.04 Å². The van der Waals surface area contributed by atoms with Gasteiger partial charge in [-0.25, -0.2) is 0 Å². The molecule has 0 aliphatic carbocycles. The lowest BCUT2D eigenvalue weighted by atomic mass is 9.87. The number of fused-ring (bicyclic) bond motifs is 3. The predicted octanol–water partition coefficient (Wildman–Crippen LogP) is 2.58. The van der Waals surface area contributed by atoms with Gasteiger partial charge in [-0.2, -0.15) is 0 Å². The molecule has 1 aromatic rings. The Balaban J connectivity index is 2.08. The molecule has 1 saturated heterocycles. The molecule has 86 valence electrons. The molecule has 2 nitrogen and oxygen atoms in total. The summed E-state index contributed by atoms with van der Waals surface area (Å²) in [5.41, 5.74) is 10.6. The van der Waals surface area contributed by atoms with Gasteiger partial charge in [0.2, 0.25) is 0 Å². The zero-order valence-corrected chi connectivity index (χ0v) is 9.95. The summed E-state index contributed by atoms with van der Waals surface area (Å²) in [6.07, 6.45) is 6.50. The van der Waals surface area contributed by atoms with E-state index in [2.05, 4.69) is 30.0 Å². The van der Waals surface area contributed by atoms with Crippen molar-refractivity contribution in [2.75, 3.05) is 4.90 Å². The van der Waals surface area contributed by atoms with E-state index in [0.717, 1.165) is 6.42 Å². The van der Waals surface area contributed by atoms with E-state index in [4.69, 9.17) is 5.73 Å². The van der Waals surface area contributed by atoms with E-state index in [1.807, 2.05) is 0 Å². The summed E-state index contributed by atoms with van der Waals surface area (Å²) in [5, 5.41) is 0. The number of nitrogens with zero attached hydrogens (tertiary/aromatic N) is 1. The number of hydrogen-bond acceptors (Lipinski definition) is 2. The molecule has 2 heterocycles. The van der Waals surface area contributed by atoms with Crippen molar-refractivity contribution < 1.29 is 0 Å². The smallest absolute Gasteiger partial charge is 0.0774 e. The number of aryl methyl sites for hydroxylation is 2. The number of piperidine rings is 1. The summed E-state index contributed by atoms with van der Waals surface area (Å²) in [5.74, 6) is 0. The largest absolute Gasteiger partial charge is 0.353 e. The highest BCUT2D eigenvalue weighted by atomic mass is 15.3. The Labute approximate surface area is 97.4 Å². The molecule has 1 aromatic carbocycles. The minimum atomic E-state index is 0.235. The number of para-hydroxylation sites is 1. The molecule has 16 heavy (non-hydrogen) atoms. The molecule has 1 fully saturated rings. The minimum absolute atomic E-state index is 0.235. The van der Waals surface area contributed by atoms with Gasteiger partial charge in [-0.3, -0.25) is 0 Å². The average molecular weight is 216 g/mol. The summed E-state index contributed by atoms with van der Waals surface area (Å²) in [4.78, 5) is 2.50. The first-order chi connectivity index (χ1) is 7.77. The molecule has 0 bridgehead atoms. The molecule has 0 aromatic heterocycles. The highest BCUT2D eigenvalue weighted by molar-refractivity contribution is 5.62. The maximum Gasteiger partial charge on any atom is 0.0774 e. The van der Waals surface area contributed by atoms with Crippen molar-refractivity contribution in [3.8, 4) is 0 Å². The SMILES string of the molecule is Cc1cccc2c1N1C(N)CCCC1CC2. The maximum atomic E-state index is 6.30. The van der Waals surface area contributed by atoms with Gasteiger partial charge in [-0.15, -0.1) is 0 Å². The third-order valence-corrected chi connectivity index (χ3v) is 4.11. The van der Waals surface area contributed by atoms with Crippen LogP contribution in [0.15, 0.2) is 18.2 Å². The van der Waals surface area contributed by atoms with E-state index in [1.165, 1.54) is 42.5 Å². The second-order valence-electron chi connectivity index (χ2n) is 5.18. The standard InChI is InChI=1S/C14H20N2/c1-10-4-2-5-11-8-9-12-6-3-7-13(15)16(12)14(10)11/h2,4-5,12-13H,3,6-9,15H2,1H3. The molecule has 0 saturated carbocycles. The lowest BCUT2D eigenvalue weighted by Gasteiger charge is -2.46. The lowest BCUT2D eigenvalue weighted by molar-refractivity contribution is 0.360. The lowest BCUT2D eigenvalue weighted by Crippen LogP contribution is -2.53. The van der Waals surface area contributed by atoms with Crippen molar-refractivity contribution in [2.45, 2.75) is 51.2 Å². The zero-order chi connectivity index (χ0) is 11.1. The van der Waals surface area contributed by atoms with Crippen LogP contribution in [0.4, 0.5) is 5.69 Å². The normalized spacial score (nSPS) is 28.5. The first-order valence-corrected chi connectivity index (χ1v) is 6.40. The minimum Gasteiger partial charge on any atom is -0.353 e. The van der Waals surface area contributed by atoms with E-state index in [1.54, 1.807) is 0 Å². The second-order valence-corrected chi connectivity index (χ2v) is 5.18. The van der Waals surface area contributed by atoms with Crippen molar-refractivity contribution in [1.82, 2.24) is 0 Å². The van der Waals surface area contributed by atoms with Crippen LogP contribution >= 0.6 is 0 Å². The van der Waals surface area contributed by atoms with Gasteiger partial charge >= 0.3 is 0 Å². The third-order valence-electron chi connectivity index (χ3n) is 4.11. The third kappa shape index (κ3) is 1.44. The molecule has 2 atom stereocenters. The Kier molecular flexibility index (Phi) is 2.40. The van der Waals surface area contributed by atoms with Crippen LogP contribution in [0.2, 0.25) is 0 Å². The summed E-state index contributed by atoms with van der Waals surface area (Å²) in [7, 11) is 0. The van der Waals surface area contributed by atoms with Crippen LogP contribution < -0.4 is 10.6 Å². The van der Waals surface area contributed by atoms with Crippen molar-refractivity contribution >= 4 is 5.69 Å². The molecule has 0 amide bonds. The van der Waals surface area contributed by atoms with Crippen LogP contribution in [0.5, 0.6) is 0 Å². The van der Waals surface area contributed by atoms with Crippen LogP contribution in [-0.4, -0.2) is 12.2 Å². The van der Waals surface area contributed by atoms with Crippen LogP contribution in [0.3, 0.4) is 0 Å². The van der Waals surface area contributed by atoms with Gasteiger partial charge in [-0.1, -0.05) is 18.2 Å². The maximum absolute atomic E-state index is 6.30. The van der Waals surface area contributed by atoms with Gasteiger partial charge in [0.15, 0.2) is 0 Å². The number of nitrogens with two attached hydrogens (primary N) is 1. The Morgan fingerprint density at radius 1 is 1.25 bits per heavy atom. The molecule has 2 aliphatic heterocycles. The molecular weight excluding hydrogens is 196 g/mol. The Morgan fingerprint density at radius 3 is 3.00 bits per heavy atom. The fourth-order valence-corrected chi connectivity index (χ4v) is 3.36. The number of benzene rings is 1. The number of hydrogen-bond donors (Lipinski definition) is 1. The van der Waals surface area contributed by atoms with Gasteiger partial charge in [0.05, 0.1) is 6.17 Å². The van der Waals surface area contributed by atoms with Crippen LogP contribution in [0.1, 0.15) is 36.8 Å². The second kappa shape index (κ2) is 3.77. The molecule has 2 heteroatoms. The van der Waals surface area contributed by atoms with Gasteiger partial charge in [-0.05, 0) is 50.2 Å². The Morgan fingerprint density at radius 2 is 2.12 bits per heavy atom. The van der Waals surface area contributed by atoms with Gasteiger partial charge in [0, 0.05) is 11.7 Å². The highest BCUT2D eigenvalue weighted by Gasteiger charge is 2.33. The van der Waals surface area contributed by atoms with E-state index in [-0.39, 0.29) is 6.17 Å². The van der Waals surface area contributed by atoms with Crippen LogP contribution in [0.25, 0.3) is 0 Å². The van der Waals surface area contributed by atoms with Crippen molar-refractivity contribution in [3.05, 3.63) is 29.3 Å². The summed E-state index contributed by atoms with van der Waals surface area (Å²) < 4.78 is 0. The van der Waals surface area contributed by atoms with E-state index >= 15 is 0 Å². The topological polar surface area (TPSA) is 29.3 Å². The van der Waals surface area contributed by atoms with Crippen LogP contribution in [-0.2, 0) is 6.42 Å². The molecule has 0 radical (unpaired) electrons. The molecule has 0 spiro atoms. The summed E-state index contributed by atoms with van der Waals surface area (Å²) in [6, 6.07) is 7.34. The molecule has 2 N–H and O–H groups in total. The summed E-state index contributed by atoms with van der Waals surface area (Å²) in [6.45, 7) is 2.21. The van der Waals surface area contributed by atoms with Gasteiger partial charge in [0.1, 0.15) is 0 Å². The quantitative estimate of drug-likeness (QED) is 0.722. The summed E-state index contributed by atoms with van der Waals surface area (Å²) >= 11 is 0. The monoisotopic (exact) mass is 216 g/mol. The first kappa shape index (κ1) is 10.2. The molecule has 2 aliphatic rings. The fraction of sp³-hybridized carbons (Fsp3) is 0.571. The molecule has 2 unspecified atom stereocenters. The first-order valence-electron chi connectivity index (χ1n) is 6.40. The van der Waals surface area contributed by atoms with E-state index < -0.39 is 0 Å². The molecular formula is C14H20N2. The molecule has 3 rings (SSSR count). The highest BCUT2D eigenvalue weighted by Crippen LogP contribution is 2.38. The predicted molar refractivity (Wildman–Crippen MR) is 67.6 cm³/mol.